The topological polar surface area (TPSA) is 358 Å². The number of urea groups is 1. The number of azo groups is 2. The summed E-state index contributed by atoms with van der Waals surface area (Å²) >= 11 is 0. The lowest BCUT2D eigenvalue weighted by atomic mass is 10.1. The fourth-order valence-corrected chi connectivity index (χ4v) is 8.91. The number of phenolic OH excluding ortho intramolecular Hbond substituents is 2. The van der Waals surface area contributed by atoms with Crippen molar-refractivity contribution >= 4 is 113 Å². The fraction of sp³-hybridized carbons (Fsp3) is 0.0513. The highest BCUT2D eigenvalue weighted by atomic mass is 32.2. The van der Waals surface area contributed by atoms with Crippen LogP contribution in [-0.2, 0) is 40.5 Å². The third-order valence-corrected chi connectivity index (χ3v) is 12.8. The molecule has 26 heteroatoms. The van der Waals surface area contributed by atoms with Crippen molar-refractivity contribution in [3.63, 3.8) is 0 Å². The smallest absolute Gasteiger partial charge is 0.323 e. The molecule has 0 fully saturated rings. The van der Waals surface area contributed by atoms with Crippen molar-refractivity contribution in [3.8, 4) is 17.2 Å². The summed E-state index contributed by atoms with van der Waals surface area (Å²) in [5, 5.41) is 43.5. The third-order valence-electron chi connectivity index (χ3n) is 9.30. The van der Waals surface area contributed by atoms with E-state index in [2.05, 4.69) is 31.1 Å². The van der Waals surface area contributed by atoms with E-state index in [-0.39, 0.29) is 61.5 Å². The van der Waals surface area contributed by atoms with Crippen LogP contribution in [0.5, 0.6) is 17.2 Å². The summed E-state index contributed by atoms with van der Waals surface area (Å²) in [6.45, 7) is 1.63. The molecule has 0 atom stereocenters. The molecule has 65 heavy (non-hydrogen) atoms. The van der Waals surface area contributed by atoms with E-state index in [9.17, 15) is 66.9 Å². The number of nitrogens with zero attached hydrogens (tertiary/aromatic N) is 4. The standard InChI is InChI=1S/C39H30N6O16S4/c1-2-61-31-12-8-27(19-32(31)63(52,53)54)43-45-36-34(65(58,59)60)18-23-15-25(7-11-30(23)38(36)47)41-39(48)40-24-6-10-29-22(14-24)17-33(64(55,56)57)35(37(29)46)44-42-26-5-3-21-16-28(62(49,50)51)9-4-20(21)13-26/h3-19,46-47H,2H2,1H3,(H2,40,41,48)(H,49,50,51)(H,52,53,54)(H,55,56,57)(H,58,59,60). The van der Waals surface area contributed by atoms with Gasteiger partial charge < -0.3 is 25.6 Å². The van der Waals surface area contributed by atoms with Crippen LogP contribution in [0, 0.1) is 0 Å². The Kier molecular flexibility index (Phi) is 12.0. The molecule has 0 bridgehead atoms. The Morgan fingerprint density at radius 2 is 0.969 bits per heavy atom. The first-order valence-corrected chi connectivity index (χ1v) is 23.9. The van der Waals surface area contributed by atoms with Crippen LogP contribution in [0.3, 0.4) is 0 Å². The molecule has 2 amide bonds. The maximum atomic E-state index is 13.1. The molecular formula is C39H30N6O16S4. The van der Waals surface area contributed by atoms with Gasteiger partial charge in [0.05, 0.1) is 22.9 Å². The van der Waals surface area contributed by atoms with E-state index >= 15 is 0 Å². The van der Waals surface area contributed by atoms with E-state index in [1.165, 1.54) is 72.8 Å². The van der Waals surface area contributed by atoms with Crippen molar-refractivity contribution in [2.24, 2.45) is 20.5 Å². The van der Waals surface area contributed by atoms with Gasteiger partial charge in [-0.1, -0.05) is 12.1 Å². The second-order valence-corrected chi connectivity index (χ2v) is 19.2. The van der Waals surface area contributed by atoms with E-state index in [1.807, 2.05) is 0 Å². The minimum atomic E-state index is -5.11. The second-order valence-electron chi connectivity index (χ2n) is 13.7. The zero-order chi connectivity index (χ0) is 47.2. The van der Waals surface area contributed by atoms with Crippen LogP contribution in [0.15, 0.2) is 143 Å². The predicted molar refractivity (Wildman–Crippen MR) is 233 cm³/mol. The molecule has 7 rings (SSSR count). The highest BCUT2D eigenvalue weighted by Gasteiger charge is 2.25. The Morgan fingerprint density at radius 1 is 0.508 bits per heavy atom. The van der Waals surface area contributed by atoms with Crippen molar-refractivity contribution in [2.75, 3.05) is 17.2 Å². The first kappa shape index (κ1) is 45.8. The van der Waals surface area contributed by atoms with Gasteiger partial charge in [0.25, 0.3) is 40.5 Å². The van der Waals surface area contributed by atoms with Gasteiger partial charge in [0.15, 0.2) is 11.5 Å². The van der Waals surface area contributed by atoms with Gasteiger partial charge in [0, 0.05) is 22.1 Å². The average Bonchev–Trinajstić information content (AvgIpc) is 3.21. The molecule has 7 aromatic rings. The summed E-state index contributed by atoms with van der Waals surface area (Å²) in [5.41, 5.74) is -1.35. The monoisotopic (exact) mass is 966 g/mol. The normalized spacial score (nSPS) is 12.7. The van der Waals surface area contributed by atoms with Crippen LogP contribution >= 0.6 is 0 Å². The van der Waals surface area contributed by atoms with Crippen molar-refractivity contribution < 1.29 is 71.6 Å². The Bertz CT molecular complexity index is 3680. The minimum Gasteiger partial charge on any atom is -0.505 e. The molecule has 0 saturated carbocycles. The number of phenols is 2. The molecule has 0 aliphatic carbocycles. The van der Waals surface area contributed by atoms with Crippen LogP contribution in [0.2, 0.25) is 0 Å². The van der Waals surface area contributed by atoms with E-state index in [0.717, 1.165) is 30.3 Å². The van der Waals surface area contributed by atoms with Crippen LogP contribution in [0.1, 0.15) is 6.92 Å². The minimum absolute atomic E-state index is 0.0143. The summed E-state index contributed by atoms with van der Waals surface area (Å²) in [6, 6.07) is 20.1. The maximum Gasteiger partial charge on any atom is 0.323 e. The number of rotatable bonds is 12. The van der Waals surface area contributed by atoms with Gasteiger partial charge in [-0.25, -0.2) is 4.79 Å². The Labute approximate surface area is 367 Å². The number of hydrogen-bond donors (Lipinski definition) is 8. The second kappa shape index (κ2) is 17.1. The lowest BCUT2D eigenvalue weighted by Crippen LogP contribution is -2.19. The molecule has 336 valence electrons. The van der Waals surface area contributed by atoms with E-state index in [4.69, 9.17) is 4.74 Å². The van der Waals surface area contributed by atoms with Crippen LogP contribution in [0.25, 0.3) is 32.3 Å². The lowest BCUT2D eigenvalue weighted by molar-refractivity contribution is 0.262. The molecule has 0 aromatic heterocycles. The number of amides is 2. The number of fused-ring (bicyclic) bond motifs is 3. The zero-order valence-electron chi connectivity index (χ0n) is 32.7. The van der Waals surface area contributed by atoms with Crippen LogP contribution < -0.4 is 15.4 Å². The number of nitrogens with one attached hydrogen (secondary N) is 2. The number of aromatic hydroxyl groups is 2. The molecule has 7 aromatic carbocycles. The highest BCUT2D eigenvalue weighted by molar-refractivity contribution is 7.86. The predicted octanol–water partition coefficient (Wildman–Crippen LogP) is 8.42. The number of benzene rings is 7. The molecule has 8 N–H and O–H groups in total. The highest BCUT2D eigenvalue weighted by Crippen LogP contribution is 2.44. The molecule has 0 aliphatic heterocycles. The van der Waals surface area contributed by atoms with Crippen LogP contribution in [-0.4, -0.2) is 74.7 Å². The zero-order valence-corrected chi connectivity index (χ0v) is 36.0. The number of ether oxygens (including phenoxy) is 1. The molecule has 0 spiro atoms. The molecule has 0 heterocycles. The molecular weight excluding hydrogens is 937 g/mol. The van der Waals surface area contributed by atoms with Gasteiger partial charge in [-0.2, -0.15) is 43.9 Å². The number of hydrogen-bond acceptors (Lipinski definition) is 16. The summed E-state index contributed by atoms with van der Waals surface area (Å²) in [4.78, 5) is 10.4. The van der Waals surface area contributed by atoms with Crippen molar-refractivity contribution in [1.29, 1.82) is 0 Å². The number of carbonyl (C=O) groups excluding carboxylic acids is 1. The molecule has 0 radical (unpaired) electrons. The summed E-state index contributed by atoms with van der Waals surface area (Å²) < 4.78 is 141. The van der Waals surface area contributed by atoms with Crippen molar-refractivity contribution in [1.82, 2.24) is 0 Å². The first-order chi connectivity index (χ1) is 30.4. The summed E-state index contributed by atoms with van der Waals surface area (Å²) in [6.07, 6.45) is 0. The number of anilines is 2. The summed E-state index contributed by atoms with van der Waals surface area (Å²) in [7, 11) is -19.4. The van der Waals surface area contributed by atoms with Crippen molar-refractivity contribution in [3.05, 3.63) is 103 Å². The molecule has 0 unspecified atom stereocenters. The molecule has 0 aliphatic rings. The van der Waals surface area contributed by atoms with E-state index in [0.29, 0.717) is 10.8 Å². The largest absolute Gasteiger partial charge is 0.505 e. The summed E-state index contributed by atoms with van der Waals surface area (Å²) in [5.74, 6) is -1.69. The van der Waals surface area contributed by atoms with Crippen molar-refractivity contribution in [2.45, 2.75) is 26.5 Å². The SMILES string of the molecule is CCOc1ccc(N=Nc2c(S(=O)(=O)O)cc3cc(NC(=O)Nc4ccc5c(O)c(N=Nc6ccc7cc(S(=O)(=O)O)ccc7c6)c(S(=O)(=O)O)cc5c4)ccc3c2O)cc1S(=O)(=O)O. The van der Waals surface area contributed by atoms with E-state index < -0.39 is 84.1 Å². The van der Waals surface area contributed by atoms with Gasteiger partial charge >= 0.3 is 6.03 Å². The van der Waals surface area contributed by atoms with E-state index in [1.54, 1.807) is 6.92 Å². The Balaban J connectivity index is 1.14. The van der Waals surface area contributed by atoms with Gasteiger partial charge in [0.2, 0.25) is 0 Å². The maximum absolute atomic E-state index is 13.1. The average molecular weight is 967 g/mol. The number of carbonyl (C=O) groups is 1. The molecule has 22 nitrogen and oxygen atoms in total. The first-order valence-electron chi connectivity index (χ1n) is 18.1. The quantitative estimate of drug-likeness (QED) is 0.0420. The molecule has 0 saturated heterocycles. The van der Waals surface area contributed by atoms with Gasteiger partial charge in [0.1, 0.15) is 31.8 Å². The lowest BCUT2D eigenvalue weighted by Gasteiger charge is -2.13. The van der Waals surface area contributed by atoms with Gasteiger partial charge in [-0.15, -0.1) is 10.2 Å². The fourth-order valence-electron chi connectivity index (χ4n) is 6.42. The third kappa shape index (κ3) is 9.98. The van der Waals surface area contributed by atoms with Gasteiger partial charge in [-0.05, 0) is 119 Å². The Hall–Kier alpha value is -7.17. The van der Waals surface area contributed by atoms with Crippen LogP contribution in [0.4, 0.5) is 38.9 Å². The van der Waals surface area contributed by atoms with Gasteiger partial charge in [-0.3, -0.25) is 18.2 Å². The Morgan fingerprint density at radius 3 is 1.45 bits per heavy atom.